The molecule has 116 valence electrons. The summed E-state index contributed by atoms with van der Waals surface area (Å²) in [5, 5.41) is 9.46. The number of aliphatic hydroxyl groups is 1. The number of alkyl halides is 1. The summed E-state index contributed by atoms with van der Waals surface area (Å²) in [5.41, 5.74) is 6.88. The first kappa shape index (κ1) is 16.3. The molecule has 1 aromatic carbocycles. The summed E-state index contributed by atoms with van der Waals surface area (Å²) in [4.78, 5) is 23.6. The molecule has 0 spiro atoms. The second kappa shape index (κ2) is 7.77. The smallest absolute Gasteiger partial charge is 0.269 e. The first-order valence-electron chi connectivity index (χ1n) is 6.87. The van der Waals surface area contributed by atoms with Gasteiger partial charge in [0.05, 0.1) is 6.10 Å². The van der Waals surface area contributed by atoms with Crippen molar-refractivity contribution < 1.29 is 14.7 Å². The lowest BCUT2D eigenvalue weighted by Gasteiger charge is -2.14. The summed E-state index contributed by atoms with van der Waals surface area (Å²) in [7, 11) is 0. The molecule has 0 saturated heterocycles. The Morgan fingerprint density at radius 3 is 2.59 bits per heavy atom. The van der Waals surface area contributed by atoms with Gasteiger partial charge >= 0.3 is 0 Å². The predicted molar refractivity (Wildman–Crippen MR) is 84.1 cm³/mol. The standard InChI is InChI=1S/C16H17ClN2O3/c17-10-11-4-6-13(7-5-11)16(22)19-18-15(21)9-12-2-1-3-14(20)8-12/h1-7,14,20H,8-10H2,(H,18,21)(H,19,22). The van der Waals surface area contributed by atoms with Crippen LogP contribution in [0.4, 0.5) is 0 Å². The number of carbonyl (C=O) groups excluding carboxylic acids is 2. The summed E-state index contributed by atoms with van der Waals surface area (Å²) in [6.45, 7) is 0. The molecule has 2 amide bonds. The lowest BCUT2D eigenvalue weighted by atomic mass is 10.00. The molecule has 0 aliphatic heterocycles. The molecule has 6 heteroatoms. The molecule has 0 bridgehead atoms. The molecule has 1 aromatic rings. The molecule has 2 rings (SSSR count). The number of hydrogen-bond donors (Lipinski definition) is 3. The van der Waals surface area contributed by atoms with Crippen molar-refractivity contribution in [1.29, 1.82) is 0 Å². The summed E-state index contributed by atoms with van der Waals surface area (Å²) in [5.74, 6) is -0.347. The zero-order chi connectivity index (χ0) is 15.9. The van der Waals surface area contributed by atoms with E-state index < -0.39 is 12.0 Å². The average molecular weight is 321 g/mol. The Bertz CT molecular complexity index is 608. The maximum Gasteiger partial charge on any atom is 0.269 e. The minimum Gasteiger partial charge on any atom is -0.389 e. The van der Waals surface area contributed by atoms with Crippen LogP contribution in [-0.4, -0.2) is 23.0 Å². The van der Waals surface area contributed by atoms with E-state index in [0.29, 0.717) is 17.9 Å². The van der Waals surface area contributed by atoms with Gasteiger partial charge < -0.3 is 5.11 Å². The second-order valence-corrected chi connectivity index (χ2v) is 5.26. The minimum absolute atomic E-state index is 0.132. The monoisotopic (exact) mass is 320 g/mol. The maximum absolute atomic E-state index is 11.9. The van der Waals surface area contributed by atoms with Crippen molar-refractivity contribution in [2.75, 3.05) is 0 Å². The van der Waals surface area contributed by atoms with Gasteiger partial charge in [-0.2, -0.15) is 0 Å². The topological polar surface area (TPSA) is 78.4 Å². The third kappa shape index (κ3) is 4.72. The fourth-order valence-electron chi connectivity index (χ4n) is 2.05. The largest absolute Gasteiger partial charge is 0.389 e. The summed E-state index contributed by atoms with van der Waals surface area (Å²) >= 11 is 5.68. The first-order chi connectivity index (χ1) is 10.6. The van der Waals surface area contributed by atoms with Crippen molar-refractivity contribution in [1.82, 2.24) is 10.9 Å². The van der Waals surface area contributed by atoms with Crippen molar-refractivity contribution >= 4 is 23.4 Å². The number of aliphatic hydroxyl groups excluding tert-OH is 1. The number of allylic oxidation sites excluding steroid dienone is 2. The van der Waals surface area contributed by atoms with Crippen LogP contribution >= 0.6 is 11.6 Å². The van der Waals surface area contributed by atoms with E-state index in [0.717, 1.165) is 11.1 Å². The molecule has 0 fully saturated rings. The van der Waals surface area contributed by atoms with Crippen LogP contribution in [0.1, 0.15) is 28.8 Å². The van der Waals surface area contributed by atoms with Crippen molar-refractivity contribution in [3.8, 4) is 0 Å². The Morgan fingerprint density at radius 1 is 1.23 bits per heavy atom. The molecule has 22 heavy (non-hydrogen) atoms. The summed E-state index contributed by atoms with van der Waals surface area (Å²) < 4.78 is 0. The molecule has 1 atom stereocenters. The van der Waals surface area contributed by atoms with E-state index in [9.17, 15) is 14.7 Å². The van der Waals surface area contributed by atoms with Gasteiger partial charge in [0.15, 0.2) is 0 Å². The van der Waals surface area contributed by atoms with Gasteiger partial charge in [0, 0.05) is 17.9 Å². The Labute approximate surface area is 133 Å². The van der Waals surface area contributed by atoms with Crippen LogP contribution in [0.15, 0.2) is 48.1 Å². The predicted octanol–water partition coefficient (Wildman–Crippen LogP) is 1.82. The lowest BCUT2D eigenvalue weighted by Crippen LogP contribution is -2.41. The maximum atomic E-state index is 11.9. The molecule has 1 unspecified atom stereocenters. The van der Waals surface area contributed by atoms with E-state index in [2.05, 4.69) is 10.9 Å². The van der Waals surface area contributed by atoms with Crippen molar-refractivity contribution in [3.05, 3.63) is 59.2 Å². The van der Waals surface area contributed by atoms with Crippen LogP contribution in [0.3, 0.4) is 0 Å². The van der Waals surface area contributed by atoms with Gasteiger partial charge in [0.1, 0.15) is 0 Å². The second-order valence-electron chi connectivity index (χ2n) is 4.99. The minimum atomic E-state index is -0.553. The lowest BCUT2D eigenvalue weighted by molar-refractivity contribution is -0.121. The first-order valence-corrected chi connectivity index (χ1v) is 7.40. The molecule has 1 aliphatic rings. The third-order valence-electron chi connectivity index (χ3n) is 3.21. The number of hydrazine groups is 1. The highest BCUT2D eigenvalue weighted by molar-refractivity contribution is 6.17. The van der Waals surface area contributed by atoms with E-state index >= 15 is 0 Å². The molecule has 0 aromatic heterocycles. The average Bonchev–Trinajstić information content (AvgIpc) is 2.52. The Hall–Kier alpha value is -2.11. The Morgan fingerprint density at radius 2 is 1.95 bits per heavy atom. The SMILES string of the molecule is O=C(CC1=CC=CC(O)C1)NNC(=O)c1ccc(CCl)cc1. The number of hydrogen-bond acceptors (Lipinski definition) is 3. The van der Waals surface area contributed by atoms with Gasteiger partial charge in [-0.1, -0.05) is 35.9 Å². The highest BCUT2D eigenvalue weighted by Gasteiger charge is 2.13. The van der Waals surface area contributed by atoms with Crippen molar-refractivity contribution in [2.24, 2.45) is 0 Å². The molecule has 1 aliphatic carbocycles. The Balaban J connectivity index is 1.81. The molecule has 0 heterocycles. The number of benzene rings is 1. The van der Waals surface area contributed by atoms with Gasteiger partial charge in [0.2, 0.25) is 5.91 Å². The highest BCUT2D eigenvalue weighted by Crippen LogP contribution is 2.15. The van der Waals surface area contributed by atoms with Crippen LogP contribution in [0, 0.1) is 0 Å². The zero-order valence-electron chi connectivity index (χ0n) is 11.9. The number of amides is 2. The zero-order valence-corrected chi connectivity index (χ0v) is 12.6. The van der Waals surface area contributed by atoms with Crippen LogP contribution in [0.25, 0.3) is 0 Å². The number of nitrogens with one attached hydrogen (secondary N) is 2. The van der Waals surface area contributed by atoms with E-state index in [1.165, 1.54) is 0 Å². The summed E-state index contributed by atoms with van der Waals surface area (Å²) in [6, 6.07) is 6.79. The van der Waals surface area contributed by atoms with Crippen LogP contribution in [0.5, 0.6) is 0 Å². The molecule has 5 nitrogen and oxygen atoms in total. The highest BCUT2D eigenvalue weighted by atomic mass is 35.5. The molecular weight excluding hydrogens is 304 g/mol. The van der Waals surface area contributed by atoms with Gasteiger partial charge in [0.25, 0.3) is 5.91 Å². The summed E-state index contributed by atoms with van der Waals surface area (Å²) in [6.07, 6.45) is 5.17. The fraction of sp³-hybridized carbons (Fsp3) is 0.250. The molecule has 0 saturated carbocycles. The number of halogens is 1. The van der Waals surface area contributed by atoms with Gasteiger partial charge in [-0.05, 0) is 24.1 Å². The fourth-order valence-corrected chi connectivity index (χ4v) is 2.23. The van der Waals surface area contributed by atoms with Crippen LogP contribution in [0.2, 0.25) is 0 Å². The normalized spacial score (nSPS) is 16.8. The Kier molecular flexibility index (Phi) is 5.75. The molecular formula is C16H17ClN2O3. The van der Waals surface area contributed by atoms with Crippen LogP contribution in [-0.2, 0) is 10.7 Å². The van der Waals surface area contributed by atoms with E-state index in [-0.39, 0.29) is 12.3 Å². The molecule has 0 radical (unpaired) electrons. The van der Waals surface area contributed by atoms with Crippen molar-refractivity contribution in [3.63, 3.8) is 0 Å². The van der Waals surface area contributed by atoms with Gasteiger partial charge in [-0.15, -0.1) is 11.6 Å². The third-order valence-corrected chi connectivity index (χ3v) is 3.52. The van der Waals surface area contributed by atoms with E-state index in [1.807, 2.05) is 0 Å². The van der Waals surface area contributed by atoms with Gasteiger partial charge in [-0.25, -0.2) is 0 Å². The molecule has 3 N–H and O–H groups in total. The van der Waals surface area contributed by atoms with Crippen molar-refractivity contribution in [2.45, 2.75) is 24.8 Å². The van der Waals surface area contributed by atoms with Crippen LogP contribution < -0.4 is 10.9 Å². The van der Waals surface area contributed by atoms with Gasteiger partial charge in [-0.3, -0.25) is 20.4 Å². The van der Waals surface area contributed by atoms with E-state index in [1.54, 1.807) is 42.5 Å². The number of rotatable bonds is 4. The quantitative estimate of drug-likeness (QED) is 0.585. The van der Waals surface area contributed by atoms with E-state index in [4.69, 9.17) is 11.6 Å². The number of carbonyl (C=O) groups is 2.